The SMILES string of the molecule is C[C@H]1CN([C@@H](C)CO)C(=O)c2cccc(NC(=O)NC3CCCCC3)c2O[C@H]1CN(C)S(C)(=O)=O. The molecule has 196 valence electrons. The number of benzene rings is 1. The second kappa shape index (κ2) is 11.6. The molecule has 3 N–H and O–H groups in total. The van der Waals surface area contributed by atoms with Crippen LogP contribution in [0, 0.1) is 5.92 Å². The highest BCUT2D eigenvalue weighted by Gasteiger charge is 2.35. The zero-order valence-corrected chi connectivity index (χ0v) is 21.8. The van der Waals surface area contributed by atoms with Gasteiger partial charge >= 0.3 is 6.03 Å². The first-order valence-electron chi connectivity index (χ1n) is 12.2. The third-order valence-corrected chi connectivity index (χ3v) is 8.16. The maximum Gasteiger partial charge on any atom is 0.319 e. The predicted molar refractivity (Wildman–Crippen MR) is 134 cm³/mol. The van der Waals surface area contributed by atoms with Gasteiger partial charge in [-0.2, -0.15) is 0 Å². The van der Waals surface area contributed by atoms with Crippen molar-refractivity contribution in [3.8, 4) is 5.75 Å². The van der Waals surface area contributed by atoms with Crippen LogP contribution in [0.3, 0.4) is 0 Å². The number of aliphatic hydroxyl groups excluding tert-OH is 1. The number of hydrogen-bond donors (Lipinski definition) is 3. The Morgan fingerprint density at radius 3 is 2.60 bits per heavy atom. The number of carbonyl (C=O) groups excluding carboxylic acids is 2. The van der Waals surface area contributed by atoms with Crippen LogP contribution in [0.1, 0.15) is 56.3 Å². The van der Waals surface area contributed by atoms with Crippen molar-refractivity contribution in [2.45, 2.75) is 64.1 Å². The summed E-state index contributed by atoms with van der Waals surface area (Å²) in [5.41, 5.74) is 0.585. The molecule has 0 radical (unpaired) electrons. The number of hydrogen-bond acceptors (Lipinski definition) is 6. The van der Waals surface area contributed by atoms with Crippen molar-refractivity contribution in [1.82, 2.24) is 14.5 Å². The molecule has 0 bridgehead atoms. The number of fused-ring (bicyclic) bond motifs is 1. The van der Waals surface area contributed by atoms with Crippen LogP contribution in [0.15, 0.2) is 18.2 Å². The van der Waals surface area contributed by atoms with Gasteiger partial charge in [-0.3, -0.25) is 4.79 Å². The quantitative estimate of drug-likeness (QED) is 0.516. The van der Waals surface area contributed by atoms with Gasteiger partial charge in [-0.25, -0.2) is 17.5 Å². The molecule has 0 saturated heterocycles. The van der Waals surface area contributed by atoms with Crippen molar-refractivity contribution in [2.24, 2.45) is 5.92 Å². The van der Waals surface area contributed by atoms with Crippen LogP contribution in [-0.4, -0.2) is 85.9 Å². The van der Waals surface area contributed by atoms with Gasteiger partial charge in [0.25, 0.3) is 5.91 Å². The fraction of sp³-hybridized carbons (Fsp3) is 0.667. The molecule has 1 aromatic rings. The molecule has 1 aliphatic heterocycles. The number of ether oxygens (including phenoxy) is 1. The van der Waals surface area contributed by atoms with Crippen molar-refractivity contribution in [3.63, 3.8) is 0 Å². The minimum Gasteiger partial charge on any atom is -0.486 e. The van der Waals surface area contributed by atoms with Gasteiger partial charge in [0.2, 0.25) is 10.0 Å². The fourth-order valence-electron chi connectivity index (χ4n) is 4.54. The number of aliphatic hydroxyl groups is 1. The molecule has 1 fully saturated rings. The van der Waals surface area contributed by atoms with Crippen LogP contribution in [0.2, 0.25) is 0 Å². The molecular weight excluding hydrogens is 472 g/mol. The van der Waals surface area contributed by atoms with E-state index in [4.69, 9.17) is 4.74 Å². The summed E-state index contributed by atoms with van der Waals surface area (Å²) in [4.78, 5) is 27.8. The first-order chi connectivity index (χ1) is 16.5. The summed E-state index contributed by atoms with van der Waals surface area (Å²) in [5.74, 6) is -0.376. The standard InChI is InChI=1S/C24H38N4O6S/c1-16-13-28(17(2)15-29)23(30)19-11-8-12-20(26-24(31)25-18-9-6-5-7-10-18)22(19)34-21(16)14-27(3)35(4,32)33/h8,11-12,16-18,21,29H,5-7,9-10,13-15H2,1-4H3,(H2,25,26,31)/t16-,17-,21-/m0/s1. The lowest BCUT2D eigenvalue weighted by Crippen LogP contribution is -2.50. The van der Waals surface area contributed by atoms with Crippen molar-refractivity contribution < 1.29 is 27.9 Å². The van der Waals surface area contributed by atoms with Gasteiger partial charge in [0, 0.05) is 25.6 Å². The Labute approximate surface area is 208 Å². The monoisotopic (exact) mass is 510 g/mol. The van der Waals surface area contributed by atoms with Crippen molar-refractivity contribution >= 4 is 27.6 Å². The molecule has 11 heteroatoms. The van der Waals surface area contributed by atoms with Gasteiger partial charge in [-0.05, 0) is 31.9 Å². The lowest BCUT2D eigenvalue weighted by Gasteiger charge is -2.38. The molecule has 1 aromatic carbocycles. The Bertz CT molecular complexity index is 1010. The lowest BCUT2D eigenvalue weighted by molar-refractivity contribution is 0.0389. The summed E-state index contributed by atoms with van der Waals surface area (Å²) in [5, 5.41) is 15.6. The molecule has 0 unspecified atom stereocenters. The first kappa shape index (κ1) is 27.2. The summed E-state index contributed by atoms with van der Waals surface area (Å²) < 4.78 is 31.7. The van der Waals surface area contributed by atoms with Crippen LogP contribution in [-0.2, 0) is 10.0 Å². The summed E-state index contributed by atoms with van der Waals surface area (Å²) in [7, 11) is -1.98. The molecule has 1 aliphatic carbocycles. The third-order valence-electron chi connectivity index (χ3n) is 6.88. The molecule has 10 nitrogen and oxygen atoms in total. The minimum atomic E-state index is -3.46. The number of carbonyl (C=O) groups is 2. The number of rotatable bonds is 7. The van der Waals surface area contributed by atoms with Crippen LogP contribution in [0.5, 0.6) is 5.75 Å². The highest BCUT2D eigenvalue weighted by molar-refractivity contribution is 7.88. The highest BCUT2D eigenvalue weighted by Crippen LogP contribution is 2.35. The maximum absolute atomic E-state index is 13.5. The molecule has 1 saturated carbocycles. The number of para-hydroxylation sites is 1. The largest absolute Gasteiger partial charge is 0.486 e. The zero-order valence-electron chi connectivity index (χ0n) is 21.0. The van der Waals surface area contributed by atoms with E-state index in [-0.39, 0.29) is 54.9 Å². The fourth-order valence-corrected chi connectivity index (χ4v) is 4.96. The normalized spacial score (nSPS) is 22.6. The number of sulfonamides is 1. The van der Waals surface area contributed by atoms with Crippen molar-refractivity contribution in [3.05, 3.63) is 23.8 Å². The molecule has 2 aliphatic rings. The van der Waals surface area contributed by atoms with Crippen LogP contribution < -0.4 is 15.4 Å². The van der Waals surface area contributed by atoms with E-state index in [1.165, 1.54) is 17.8 Å². The Morgan fingerprint density at radius 1 is 1.29 bits per heavy atom. The van der Waals surface area contributed by atoms with Gasteiger partial charge < -0.3 is 25.4 Å². The van der Waals surface area contributed by atoms with Crippen LogP contribution in [0.4, 0.5) is 10.5 Å². The lowest BCUT2D eigenvalue weighted by atomic mass is 9.96. The van der Waals surface area contributed by atoms with E-state index in [0.717, 1.165) is 31.9 Å². The Morgan fingerprint density at radius 2 is 1.97 bits per heavy atom. The number of nitrogens with zero attached hydrogens (tertiary/aromatic N) is 2. The van der Waals surface area contributed by atoms with Gasteiger partial charge in [0.1, 0.15) is 6.10 Å². The van der Waals surface area contributed by atoms with E-state index < -0.39 is 22.2 Å². The number of urea groups is 1. The van der Waals surface area contributed by atoms with Gasteiger partial charge in [-0.15, -0.1) is 0 Å². The molecule has 1 heterocycles. The molecule has 3 amide bonds. The van der Waals surface area contributed by atoms with Crippen LogP contribution >= 0.6 is 0 Å². The first-order valence-corrected chi connectivity index (χ1v) is 14.1. The second-order valence-corrected chi connectivity index (χ2v) is 11.9. The number of likely N-dealkylation sites (N-methyl/N-ethyl adjacent to an activating group) is 1. The average Bonchev–Trinajstić information content (AvgIpc) is 2.81. The van der Waals surface area contributed by atoms with Gasteiger partial charge in [-0.1, -0.05) is 32.3 Å². The van der Waals surface area contributed by atoms with E-state index in [9.17, 15) is 23.1 Å². The summed E-state index contributed by atoms with van der Waals surface area (Å²) in [6.45, 7) is 3.76. The average molecular weight is 511 g/mol. The summed E-state index contributed by atoms with van der Waals surface area (Å²) in [6.07, 6.45) is 5.72. The molecule has 3 atom stereocenters. The second-order valence-electron chi connectivity index (χ2n) is 9.78. The molecule has 0 spiro atoms. The minimum absolute atomic E-state index is 0.0670. The summed E-state index contributed by atoms with van der Waals surface area (Å²) in [6, 6.07) is 4.23. The third kappa shape index (κ3) is 6.86. The predicted octanol–water partition coefficient (Wildman–Crippen LogP) is 2.25. The Hall–Kier alpha value is -2.37. The highest BCUT2D eigenvalue weighted by atomic mass is 32.2. The smallest absolute Gasteiger partial charge is 0.319 e. The molecule has 0 aromatic heterocycles. The van der Waals surface area contributed by atoms with Gasteiger partial charge in [0.15, 0.2) is 5.75 Å². The topological polar surface area (TPSA) is 128 Å². The maximum atomic E-state index is 13.5. The summed E-state index contributed by atoms with van der Waals surface area (Å²) >= 11 is 0. The molecule has 3 rings (SSSR count). The van der Waals surface area contributed by atoms with E-state index in [2.05, 4.69) is 10.6 Å². The van der Waals surface area contributed by atoms with Gasteiger partial charge in [0.05, 0.1) is 36.7 Å². The molecular formula is C24H38N4O6S. The van der Waals surface area contributed by atoms with E-state index in [1.54, 1.807) is 30.0 Å². The Kier molecular flexibility index (Phi) is 9.00. The number of anilines is 1. The van der Waals surface area contributed by atoms with E-state index >= 15 is 0 Å². The van der Waals surface area contributed by atoms with Crippen molar-refractivity contribution in [2.75, 3.05) is 38.3 Å². The van der Waals surface area contributed by atoms with E-state index in [0.29, 0.717) is 5.69 Å². The number of amides is 3. The molecule has 35 heavy (non-hydrogen) atoms. The van der Waals surface area contributed by atoms with Crippen LogP contribution in [0.25, 0.3) is 0 Å². The van der Waals surface area contributed by atoms with E-state index in [1.807, 2.05) is 6.92 Å². The van der Waals surface area contributed by atoms with Crippen molar-refractivity contribution in [1.29, 1.82) is 0 Å². The number of nitrogens with one attached hydrogen (secondary N) is 2. The Balaban J connectivity index is 1.95. The zero-order chi connectivity index (χ0) is 25.8.